The van der Waals surface area contributed by atoms with Gasteiger partial charge in [-0.15, -0.1) is 0 Å². The van der Waals surface area contributed by atoms with Crippen LogP contribution in [0.3, 0.4) is 0 Å². The van der Waals surface area contributed by atoms with Crippen molar-refractivity contribution in [1.29, 1.82) is 0 Å². The van der Waals surface area contributed by atoms with Gasteiger partial charge in [-0.3, -0.25) is 9.88 Å². The second kappa shape index (κ2) is 7.74. The number of benzene rings is 1. The van der Waals surface area contributed by atoms with Gasteiger partial charge >= 0.3 is 0 Å². The summed E-state index contributed by atoms with van der Waals surface area (Å²) in [7, 11) is 1.73. The number of likely N-dealkylation sites (tertiary alicyclic amines) is 1. The third-order valence-electron chi connectivity index (χ3n) is 5.46. The van der Waals surface area contributed by atoms with E-state index in [1.807, 2.05) is 30.3 Å². The third-order valence-corrected chi connectivity index (χ3v) is 5.46. The molecule has 2 aliphatic heterocycles. The highest BCUT2D eigenvalue weighted by Gasteiger charge is 2.52. The van der Waals surface area contributed by atoms with E-state index in [1.165, 1.54) is 5.56 Å². The summed E-state index contributed by atoms with van der Waals surface area (Å²) in [6.07, 6.45) is 2.88. The average molecular weight is 354 g/mol. The van der Waals surface area contributed by atoms with Gasteiger partial charge in [0, 0.05) is 43.9 Å². The maximum atomic E-state index is 6.15. The largest absolute Gasteiger partial charge is 0.496 e. The van der Waals surface area contributed by atoms with Crippen LogP contribution in [0.5, 0.6) is 5.75 Å². The molecule has 2 fully saturated rings. The van der Waals surface area contributed by atoms with Gasteiger partial charge in [-0.1, -0.05) is 24.3 Å². The van der Waals surface area contributed by atoms with Gasteiger partial charge in [0.15, 0.2) is 0 Å². The van der Waals surface area contributed by atoms with Crippen molar-refractivity contribution in [2.45, 2.75) is 25.2 Å². The van der Waals surface area contributed by atoms with E-state index in [0.717, 1.165) is 50.7 Å². The summed E-state index contributed by atoms with van der Waals surface area (Å²) in [5.74, 6) is 1.41. The molecule has 3 heterocycles. The predicted octanol–water partition coefficient (Wildman–Crippen LogP) is 2.90. The van der Waals surface area contributed by atoms with E-state index in [1.54, 1.807) is 13.3 Å². The lowest BCUT2D eigenvalue weighted by molar-refractivity contribution is -0.146. The minimum atomic E-state index is -0.0356. The molecular weight excluding hydrogens is 328 g/mol. The van der Waals surface area contributed by atoms with E-state index in [-0.39, 0.29) is 5.60 Å². The van der Waals surface area contributed by atoms with Crippen LogP contribution < -0.4 is 4.74 Å². The molecule has 5 nitrogen and oxygen atoms in total. The standard InChI is InChI=1S/C21H26N2O3/c1-24-20-8-3-2-6-17(20)12-23-15-21(16-23)18(9-11-26-21)13-25-14-19-7-4-5-10-22-19/h2-8,10,18H,9,11-16H2,1H3/t18-/m0/s1. The molecule has 0 N–H and O–H groups in total. The zero-order valence-corrected chi connectivity index (χ0v) is 15.3. The van der Waals surface area contributed by atoms with Gasteiger partial charge < -0.3 is 14.2 Å². The number of ether oxygens (including phenoxy) is 3. The second-order valence-electron chi connectivity index (χ2n) is 7.19. The van der Waals surface area contributed by atoms with Gasteiger partial charge in [0.2, 0.25) is 0 Å². The normalized spacial score (nSPS) is 21.7. The molecule has 0 aliphatic carbocycles. The highest BCUT2D eigenvalue weighted by Crippen LogP contribution is 2.41. The van der Waals surface area contributed by atoms with E-state index >= 15 is 0 Å². The Kier molecular flexibility index (Phi) is 5.20. The highest BCUT2D eigenvalue weighted by atomic mass is 16.5. The van der Waals surface area contributed by atoms with Crippen LogP contribution in [0.4, 0.5) is 0 Å². The second-order valence-corrected chi connectivity index (χ2v) is 7.19. The summed E-state index contributed by atoms with van der Waals surface area (Å²) in [5, 5.41) is 0. The van der Waals surface area contributed by atoms with Crippen molar-refractivity contribution in [1.82, 2.24) is 9.88 Å². The highest BCUT2D eigenvalue weighted by molar-refractivity contribution is 5.33. The topological polar surface area (TPSA) is 43.8 Å². The van der Waals surface area contributed by atoms with Crippen molar-refractivity contribution in [3.05, 3.63) is 59.9 Å². The molecule has 1 aromatic carbocycles. The Bertz CT molecular complexity index is 716. The molecule has 0 amide bonds. The quantitative estimate of drug-likeness (QED) is 0.765. The van der Waals surface area contributed by atoms with Crippen LogP contribution in [0.1, 0.15) is 17.7 Å². The Labute approximate surface area is 154 Å². The number of aromatic nitrogens is 1. The lowest BCUT2D eigenvalue weighted by Crippen LogP contribution is -2.64. The van der Waals surface area contributed by atoms with Crippen molar-refractivity contribution >= 4 is 0 Å². The van der Waals surface area contributed by atoms with Crippen molar-refractivity contribution in [3.63, 3.8) is 0 Å². The number of hydrogen-bond donors (Lipinski definition) is 0. The molecule has 26 heavy (non-hydrogen) atoms. The maximum Gasteiger partial charge on any atom is 0.123 e. The Morgan fingerprint density at radius 1 is 1.19 bits per heavy atom. The van der Waals surface area contributed by atoms with Crippen LogP contribution >= 0.6 is 0 Å². The van der Waals surface area contributed by atoms with Crippen molar-refractivity contribution in [3.8, 4) is 5.75 Å². The lowest BCUT2D eigenvalue weighted by Gasteiger charge is -2.50. The fourth-order valence-electron chi connectivity index (χ4n) is 4.06. The van der Waals surface area contributed by atoms with Gasteiger partial charge in [-0.2, -0.15) is 0 Å². The fraction of sp³-hybridized carbons (Fsp3) is 0.476. The van der Waals surface area contributed by atoms with Crippen LogP contribution in [0.2, 0.25) is 0 Å². The number of rotatable bonds is 7. The number of nitrogens with zero attached hydrogens (tertiary/aromatic N) is 2. The van der Waals surface area contributed by atoms with E-state index in [0.29, 0.717) is 12.5 Å². The van der Waals surface area contributed by atoms with Crippen LogP contribution in [-0.4, -0.2) is 48.9 Å². The van der Waals surface area contributed by atoms with E-state index in [9.17, 15) is 0 Å². The molecule has 2 saturated heterocycles. The number of methoxy groups -OCH3 is 1. The Morgan fingerprint density at radius 3 is 2.85 bits per heavy atom. The van der Waals surface area contributed by atoms with Gasteiger partial charge in [0.05, 0.1) is 31.6 Å². The van der Waals surface area contributed by atoms with Gasteiger partial charge in [0.25, 0.3) is 0 Å². The predicted molar refractivity (Wildman–Crippen MR) is 99.0 cm³/mol. The molecule has 0 saturated carbocycles. The van der Waals surface area contributed by atoms with E-state index < -0.39 is 0 Å². The molecule has 4 rings (SSSR count). The molecule has 0 unspecified atom stereocenters. The van der Waals surface area contributed by atoms with Crippen LogP contribution in [0, 0.1) is 5.92 Å². The first-order valence-electron chi connectivity index (χ1n) is 9.25. The minimum absolute atomic E-state index is 0.0356. The monoisotopic (exact) mass is 354 g/mol. The SMILES string of the molecule is COc1ccccc1CN1CC2(C1)OCC[C@H]2COCc1ccccn1. The number of para-hydroxylation sites is 1. The molecule has 5 heteroatoms. The molecule has 1 aromatic heterocycles. The molecule has 1 spiro atoms. The van der Waals surface area contributed by atoms with Crippen molar-refractivity contribution in [2.24, 2.45) is 5.92 Å². The van der Waals surface area contributed by atoms with Crippen molar-refractivity contribution in [2.75, 3.05) is 33.4 Å². The van der Waals surface area contributed by atoms with Gasteiger partial charge in [0.1, 0.15) is 5.75 Å². The molecule has 138 valence electrons. The van der Waals surface area contributed by atoms with Crippen LogP contribution in [0.15, 0.2) is 48.7 Å². The first-order chi connectivity index (χ1) is 12.8. The smallest absolute Gasteiger partial charge is 0.123 e. The molecular formula is C21H26N2O3. The maximum absolute atomic E-state index is 6.15. The molecule has 0 bridgehead atoms. The minimum Gasteiger partial charge on any atom is -0.496 e. The average Bonchev–Trinajstić information content (AvgIpc) is 3.07. The fourth-order valence-corrected chi connectivity index (χ4v) is 4.06. The summed E-state index contributed by atoms with van der Waals surface area (Å²) < 4.78 is 17.6. The number of pyridine rings is 1. The van der Waals surface area contributed by atoms with Crippen LogP contribution in [-0.2, 0) is 22.6 Å². The summed E-state index contributed by atoms with van der Waals surface area (Å²) in [4.78, 5) is 6.74. The number of hydrogen-bond acceptors (Lipinski definition) is 5. The molecule has 1 atom stereocenters. The Morgan fingerprint density at radius 2 is 2.04 bits per heavy atom. The van der Waals surface area contributed by atoms with Crippen LogP contribution in [0.25, 0.3) is 0 Å². The summed E-state index contributed by atoms with van der Waals surface area (Å²) >= 11 is 0. The van der Waals surface area contributed by atoms with E-state index in [4.69, 9.17) is 14.2 Å². The zero-order chi connectivity index (χ0) is 17.8. The zero-order valence-electron chi connectivity index (χ0n) is 15.3. The summed E-state index contributed by atoms with van der Waals surface area (Å²) in [6, 6.07) is 14.1. The third kappa shape index (κ3) is 3.61. The summed E-state index contributed by atoms with van der Waals surface area (Å²) in [6.45, 7) is 4.96. The lowest BCUT2D eigenvalue weighted by atomic mass is 9.81. The first kappa shape index (κ1) is 17.5. The molecule has 2 aliphatic rings. The van der Waals surface area contributed by atoms with E-state index in [2.05, 4.69) is 22.0 Å². The van der Waals surface area contributed by atoms with Gasteiger partial charge in [-0.25, -0.2) is 0 Å². The van der Waals surface area contributed by atoms with Crippen molar-refractivity contribution < 1.29 is 14.2 Å². The first-order valence-corrected chi connectivity index (χ1v) is 9.25. The molecule has 0 radical (unpaired) electrons. The Balaban J connectivity index is 1.29. The molecule has 2 aromatic rings. The Hall–Kier alpha value is -1.95. The summed E-state index contributed by atoms with van der Waals surface area (Å²) in [5.41, 5.74) is 2.17. The van der Waals surface area contributed by atoms with Gasteiger partial charge in [-0.05, 0) is 24.6 Å².